The molecule has 1 aromatic carbocycles. The van der Waals surface area contributed by atoms with Crippen molar-refractivity contribution in [3.8, 4) is 11.8 Å². The first-order valence-corrected chi connectivity index (χ1v) is 6.70. The first-order valence-electron chi connectivity index (χ1n) is 6.70. The number of ether oxygens (including phenoxy) is 3. The van der Waals surface area contributed by atoms with E-state index >= 15 is 0 Å². The second-order valence-electron chi connectivity index (χ2n) is 4.17. The van der Waals surface area contributed by atoms with Crippen LogP contribution in [0.3, 0.4) is 0 Å². The molecule has 0 aliphatic heterocycles. The second-order valence-corrected chi connectivity index (χ2v) is 4.17. The highest BCUT2D eigenvalue weighted by atomic mass is 16.5. The summed E-state index contributed by atoms with van der Waals surface area (Å²) < 4.78 is 15.9. The van der Waals surface area contributed by atoms with E-state index in [1.807, 2.05) is 24.3 Å². The molecular formula is C16H22O4. The summed E-state index contributed by atoms with van der Waals surface area (Å²) in [5.41, 5.74) is 1.95. The monoisotopic (exact) mass is 278 g/mol. The van der Waals surface area contributed by atoms with E-state index in [9.17, 15) is 0 Å². The SMILES string of the molecule is COCCCOCCOCc1cccc(C#CCO)c1. The summed E-state index contributed by atoms with van der Waals surface area (Å²) in [5.74, 6) is 5.50. The number of hydrogen-bond acceptors (Lipinski definition) is 4. The summed E-state index contributed by atoms with van der Waals surface area (Å²) in [6.07, 6.45) is 0.905. The normalized spacial score (nSPS) is 10.1. The zero-order valence-corrected chi connectivity index (χ0v) is 11.9. The average molecular weight is 278 g/mol. The molecule has 1 N–H and O–H groups in total. The van der Waals surface area contributed by atoms with Crippen LogP contribution in [0.25, 0.3) is 0 Å². The topological polar surface area (TPSA) is 47.9 Å². The van der Waals surface area contributed by atoms with Gasteiger partial charge in [0.05, 0.1) is 19.8 Å². The predicted octanol–water partition coefficient (Wildman–Crippen LogP) is 1.60. The summed E-state index contributed by atoms with van der Waals surface area (Å²) in [4.78, 5) is 0. The van der Waals surface area contributed by atoms with Gasteiger partial charge >= 0.3 is 0 Å². The molecule has 0 aliphatic carbocycles. The van der Waals surface area contributed by atoms with Gasteiger partial charge in [-0.3, -0.25) is 0 Å². The highest BCUT2D eigenvalue weighted by molar-refractivity contribution is 5.36. The number of aliphatic hydroxyl groups is 1. The van der Waals surface area contributed by atoms with Crippen LogP contribution in [0, 0.1) is 11.8 Å². The van der Waals surface area contributed by atoms with Gasteiger partial charge in [-0.15, -0.1) is 0 Å². The minimum atomic E-state index is -0.124. The predicted molar refractivity (Wildman–Crippen MR) is 77.4 cm³/mol. The Kier molecular flexibility index (Phi) is 9.54. The van der Waals surface area contributed by atoms with Gasteiger partial charge < -0.3 is 19.3 Å². The van der Waals surface area contributed by atoms with Crippen molar-refractivity contribution in [1.82, 2.24) is 0 Å². The van der Waals surface area contributed by atoms with E-state index in [1.54, 1.807) is 7.11 Å². The first-order chi connectivity index (χ1) is 9.86. The minimum Gasteiger partial charge on any atom is -0.385 e. The van der Waals surface area contributed by atoms with Crippen molar-refractivity contribution in [2.24, 2.45) is 0 Å². The number of aliphatic hydroxyl groups excluding tert-OH is 1. The Morgan fingerprint density at radius 1 is 1.10 bits per heavy atom. The molecule has 0 unspecified atom stereocenters. The van der Waals surface area contributed by atoms with Gasteiger partial charge in [0.15, 0.2) is 0 Å². The van der Waals surface area contributed by atoms with E-state index < -0.39 is 0 Å². The molecule has 0 fully saturated rings. The molecule has 20 heavy (non-hydrogen) atoms. The molecule has 110 valence electrons. The largest absolute Gasteiger partial charge is 0.385 e. The van der Waals surface area contributed by atoms with Crippen LogP contribution in [0.1, 0.15) is 17.5 Å². The molecule has 0 bridgehead atoms. The second kappa shape index (κ2) is 11.4. The van der Waals surface area contributed by atoms with Gasteiger partial charge in [-0.1, -0.05) is 24.0 Å². The van der Waals surface area contributed by atoms with Crippen molar-refractivity contribution in [2.75, 3.05) is 40.1 Å². The summed E-state index contributed by atoms with van der Waals surface area (Å²) in [5, 5.41) is 8.65. The fourth-order valence-electron chi connectivity index (χ4n) is 1.60. The van der Waals surface area contributed by atoms with Crippen LogP contribution in [0.15, 0.2) is 24.3 Å². The lowest BCUT2D eigenvalue weighted by Crippen LogP contribution is -2.06. The molecule has 0 saturated carbocycles. The first kappa shape index (κ1) is 16.7. The number of benzene rings is 1. The number of hydrogen-bond donors (Lipinski definition) is 1. The highest BCUT2D eigenvalue weighted by Crippen LogP contribution is 2.05. The van der Waals surface area contributed by atoms with E-state index in [2.05, 4.69) is 11.8 Å². The lowest BCUT2D eigenvalue weighted by atomic mass is 10.1. The Balaban J connectivity index is 2.15. The van der Waals surface area contributed by atoms with Crippen LogP contribution in [-0.2, 0) is 20.8 Å². The molecule has 0 saturated heterocycles. The molecule has 0 amide bonds. The van der Waals surface area contributed by atoms with E-state index in [0.717, 1.165) is 24.2 Å². The Morgan fingerprint density at radius 3 is 2.75 bits per heavy atom. The third kappa shape index (κ3) is 7.93. The van der Waals surface area contributed by atoms with E-state index in [-0.39, 0.29) is 6.61 Å². The quantitative estimate of drug-likeness (QED) is 0.550. The average Bonchev–Trinajstić information content (AvgIpc) is 2.48. The van der Waals surface area contributed by atoms with Crippen molar-refractivity contribution in [3.63, 3.8) is 0 Å². The zero-order valence-electron chi connectivity index (χ0n) is 11.9. The maximum Gasteiger partial charge on any atom is 0.104 e. The summed E-state index contributed by atoms with van der Waals surface area (Å²) in [7, 11) is 1.68. The van der Waals surface area contributed by atoms with Crippen LogP contribution < -0.4 is 0 Å². The maximum absolute atomic E-state index is 8.65. The van der Waals surface area contributed by atoms with Gasteiger partial charge in [-0.05, 0) is 24.1 Å². The molecule has 1 aromatic rings. The van der Waals surface area contributed by atoms with Crippen molar-refractivity contribution in [3.05, 3.63) is 35.4 Å². The molecular weight excluding hydrogens is 256 g/mol. The molecule has 0 radical (unpaired) electrons. The lowest BCUT2D eigenvalue weighted by molar-refractivity contribution is 0.0337. The molecule has 4 nitrogen and oxygen atoms in total. The lowest BCUT2D eigenvalue weighted by Gasteiger charge is -2.06. The number of rotatable bonds is 9. The van der Waals surface area contributed by atoms with Crippen molar-refractivity contribution >= 4 is 0 Å². The van der Waals surface area contributed by atoms with Gasteiger partial charge in [-0.2, -0.15) is 0 Å². The van der Waals surface area contributed by atoms with Crippen LogP contribution >= 0.6 is 0 Å². The molecule has 0 heterocycles. The third-order valence-electron chi connectivity index (χ3n) is 2.52. The highest BCUT2D eigenvalue weighted by Gasteiger charge is 1.95. The van der Waals surface area contributed by atoms with Crippen LogP contribution in [0.5, 0.6) is 0 Å². The standard InChI is InChI=1S/C16H22O4/c1-18-9-4-10-19-11-12-20-14-16-6-2-5-15(13-16)7-3-8-17/h2,5-6,13,17H,4,8-12,14H2,1H3. The van der Waals surface area contributed by atoms with E-state index in [4.69, 9.17) is 19.3 Å². The Labute approximate surface area is 120 Å². The van der Waals surface area contributed by atoms with Gasteiger partial charge in [0.25, 0.3) is 0 Å². The Morgan fingerprint density at radius 2 is 1.95 bits per heavy atom. The van der Waals surface area contributed by atoms with Gasteiger partial charge in [0.2, 0.25) is 0 Å². The van der Waals surface area contributed by atoms with Crippen LogP contribution in [0.2, 0.25) is 0 Å². The van der Waals surface area contributed by atoms with Crippen molar-refractivity contribution < 1.29 is 19.3 Å². The van der Waals surface area contributed by atoms with Crippen molar-refractivity contribution in [1.29, 1.82) is 0 Å². The number of methoxy groups -OCH3 is 1. The molecule has 1 rings (SSSR count). The molecule has 0 aromatic heterocycles. The van der Waals surface area contributed by atoms with Crippen LogP contribution in [-0.4, -0.2) is 45.3 Å². The Hall–Kier alpha value is -1.38. The zero-order chi connectivity index (χ0) is 14.5. The molecule has 0 atom stereocenters. The minimum absolute atomic E-state index is 0.124. The molecule has 4 heteroatoms. The maximum atomic E-state index is 8.65. The van der Waals surface area contributed by atoms with Crippen LogP contribution in [0.4, 0.5) is 0 Å². The summed E-state index contributed by atoms with van der Waals surface area (Å²) in [6, 6.07) is 7.79. The van der Waals surface area contributed by atoms with Crippen molar-refractivity contribution in [2.45, 2.75) is 13.0 Å². The fraction of sp³-hybridized carbons (Fsp3) is 0.500. The van der Waals surface area contributed by atoms with E-state index in [1.165, 1.54) is 0 Å². The van der Waals surface area contributed by atoms with E-state index in [0.29, 0.717) is 26.4 Å². The fourth-order valence-corrected chi connectivity index (χ4v) is 1.60. The smallest absolute Gasteiger partial charge is 0.104 e. The Bertz CT molecular complexity index is 420. The third-order valence-corrected chi connectivity index (χ3v) is 2.52. The summed E-state index contributed by atoms with van der Waals surface area (Å²) >= 11 is 0. The van der Waals surface area contributed by atoms with Gasteiger partial charge in [-0.25, -0.2) is 0 Å². The molecule has 0 spiro atoms. The van der Waals surface area contributed by atoms with Gasteiger partial charge in [0.1, 0.15) is 6.61 Å². The summed E-state index contributed by atoms with van der Waals surface area (Å²) in [6.45, 7) is 3.00. The van der Waals surface area contributed by atoms with Gasteiger partial charge in [0, 0.05) is 25.9 Å². The molecule has 0 aliphatic rings.